The first-order valence-corrected chi connectivity index (χ1v) is 6.30. The van der Waals surface area contributed by atoms with Crippen molar-refractivity contribution in [3.63, 3.8) is 0 Å². The molecule has 1 aliphatic rings. The molecule has 1 N–H and O–H groups in total. The summed E-state index contributed by atoms with van der Waals surface area (Å²) >= 11 is 0. The van der Waals surface area contributed by atoms with Crippen LogP contribution in [0.15, 0.2) is 18.3 Å². The Bertz CT molecular complexity index is 338. The zero-order valence-corrected chi connectivity index (χ0v) is 10.1. The van der Waals surface area contributed by atoms with Crippen molar-refractivity contribution in [3.8, 4) is 5.88 Å². The van der Waals surface area contributed by atoms with Crippen molar-refractivity contribution in [1.82, 2.24) is 9.88 Å². The highest BCUT2D eigenvalue weighted by Crippen LogP contribution is 2.14. The van der Waals surface area contributed by atoms with Crippen LogP contribution in [-0.4, -0.2) is 41.2 Å². The molecule has 0 bridgehead atoms. The minimum absolute atomic E-state index is 0.0209. The van der Waals surface area contributed by atoms with Crippen LogP contribution in [-0.2, 0) is 6.61 Å². The lowest BCUT2D eigenvalue weighted by Gasteiger charge is -2.26. The first-order chi connectivity index (χ1) is 8.40. The number of hydrogen-bond donors (Lipinski definition) is 1. The topological polar surface area (TPSA) is 45.6 Å². The van der Waals surface area contributed by atoms with Crippen LogP contribution in [0.5, 0.6) is 5.88 Å². The van der Waals surface area contributed by atoms with Crippen molar-refractivity contribution in [2.24, 2.45) is 0 Å². The number of nitrogens with zero attached hydrogens (tertiary/aromatic N) is 2. The van der Waals surface area contributed by atoms with Crippen LogP contribution >= 0.6 is 0 Å². The average Bonchev–Trinajstić information content (AvgIpc) is 2.40. The predicted molar refractivity (Wildman–Crippen MR) is 65.9 cm³/mol. The van der Waals surface area contributed by atoms with Crippen molar-refractivity contribution in [1.29, 1.82) is 0 Å². The molecule has 0 spiro atoms. The lowest BCUT2D eigenvalue weighted by Crippen LogP contribution is -2.33. The summed E-state index contributed by atoms with van der Waals surface area (Å²) in [6.45, 7) is 3.93. The average molecular weight is 236 g/mol. The third-order valence-corrected chi connectivity index (χ3v) is 3.12. The van der Waals surface area contributed by atoms with Gasteiger partial charge in [0.2, 0.25) is 5.88 Å². The summed E-state index contributed by atoms with van der Waals surface area (Å²) in [5, 5.41) is 9.14. The van der Waals surface area contributed by atoms with E-state index in [1.807, 2.05) is 12.1 Å². The van der Waals surface area contributed by atoms with E-state index in [4.69, 9.17) is 9.84 Å². The van der Waals surface area contributed by atoms with E-state index in [1.54, 1.807) is 6.20 Å². The second-order valence-electron chi connectivity index (χ2n) is 4.38. The number of likely N-dealkylation sites (tertiary alicyclic amines) is 1. The Kier molecular flexibility index (Phi) is 4.76. The van der Waals surface area contributed by atoms with E-state index in [0.29, 0.717) is 12.5 Å². The van der Waals surface area contributed by atoms with E-state index in [2.05, 4.69) is 9.88 Å². The van der Waals surface area contributed by atoms with Gasteiger partial charge in [-0.1, -0.05) is 6.42 Å². The Balaban J connectivity index is 1.77. The van der Waals surface area contributed by atoms with Crippen LogP contribution in [0.1, 0.15) is 24.8 Å². The smallest absolute Gasteiger partial charge is 0.218 e. The molecular formula is C13H20N2O2. The monoisotopic (exact) mass is 236 g/mol. The Labute approximate surface area is 102 Å². The second kappa shape index (κ2) is 6.57. The fourth-order valence-corrected chi connectivity index (χ4v) is 2.13. The van der Waals surface area contributed by atoms with Crippen LogP contribution < -0.4 is 4.74 Å². The minimum atomic E-state index is -0.0209. The van der Waals surface area contributed by atoms with Gasteiger partial charge in [0, 0.05) is 18.3 Å². The molecule has 0 aliphatic carbocycles. The Morgan fingerprint density at radius 3 is 2.88 bits per heavy atom. The van der Waals surface area contributed by atoms with Gasteiger partial charge in [0.05, 0.1) is 6.61 Å². The molecule has 2 heterocycles. The first kappa shape index (κ1) is 12.3. The van der Waals surface area contributed by atoms with E-state index in [0.717, 1.165) is 12.1 Å². The van der Waals surface area contributed by atoms with Gasteiger partial charge in [0.25, 0.3) is 0 Å². The van der Waals surface area contributed by atoms with Crippen LogP contribution in [0, 0.1) is 0 Å². The molecule has 0 aromatic carbocycles. The Morgan fingerprint density at radius 1 is 1.29 bits per heavy atom. The number of hydrogen-bond acceptors (Lipinski definition) is 4. The molecule has 0 amide bonds. The first-order valence-electron chi connectivity index (χ1n) is 6.30. The van der Waals surface area contributed by atoms with Crippen LogP contribution in [0.2, 0.25) is 0 Å². The Hall–Kier alpha value is -1.13. The van der Waals surface area contributed by atoms with Crippen molar-refractivity contribution in [3.05, 3.63) is 23.9 Å². The second-order valence-corrected chi connectivity index (χ2v) is 4.38. The van der Waals surface area contributed by atoms with Crippen molar-refractivity contribution in [2.75, 3.05) is 26.2 Å². The van der Waals surface area contributed by atoms with E-state index >= 15 is 0 Å². The largest absolute Gasteiger partial charge is 0.476 e. The molecule has 0 saturated carbocycles. The fraction of sp³-hybridized carbons (Fsp3) is 0.615. The zero-order valence-electron chi connectivity index (χ0n) is 10.1. The number of aliphatic hydroxyl groups excluding tert-OH is 1. The summed E-state index contributed by atoms with van der Waals surface area (Å²) in [5.74, 6) is 0.562. The van der Waals surface area contributed by atoms with Crippen molar-refractivity contribution in [2.45, 2.75) is 25.9 Å². The molecule has 17 heavy (non-hydrogen) atoms. The quantitative estimate of drug-likeness (QED) is 0.840. The van der Waals surface area contributed by atoms with Gasteiger partial charge in [-0.3, -0.25) is 4.90 Å². The third-order valence-electron chi connectivity index (χ3n) is 3.12. The zero-order chi connectivity index (χ0) is 11.9. The number of rotatable bonds is 5. The molecule has 94 valence electrons. The fourth-order valence-electron chi connectivity index (χ4n) is 2.13. The van der Waals surface area contributed by atoms with Gasteiger partial charge in [-0.25, -0.2) is 4.98 Å². The lowest BCUT2D eigenvalue weighted by molar-refractivity contribution is 0.177. The van der Waals surface area contributed by atoms with E-state index in [1.165, 1.54) is 32.4 Å². The number of piperidine rings is 1. The maximum Gasteiger partial charge on any atom is 0.218 e. The van der Waals surface area contributed by atoms with Gasteiger partial charge in [-0.05, 0) is 38.1 Å². The van der Waals surface area contributed by atoms with Gasteiger partial charge in [-0.2, -0.15) is 0 Å². The molecule has 1 aliphatic heterocycles. The van der Waals surface area contributed by atoms with Crippen LogP contribution in [0.4, 0.5) is 0 Å². The molecule has 1 fully saturated rings. The predicted octanol–water partition coefficient (Wildman–Crippen LogP) is 1.44. The molecule has 0 atom stereocenters. The number of aromatic nitrogens is 1. The standard InChI is InChI=1S/C13H20N2O2/c16-11-12-5-4-6-14-13(12)17-10-9-15-7-2-1-3-8-15/h4-6,16H,1-3,7-11H2. The maximum absolute atomic E-state index is 9.14. The summed E-state index contributed by atoms with van der Waals surface area (Å²) in [4.78, 5) is 6.55. The normalized spacial score (nSPS) is 17.0. The van der Waals surface area contributed by atoms with E-state index in [-0.39, 0.29) is 6.61 Å². The van der Waals surface area contributed by atoms with Crippen LogP contribution in [0.25, 0.3) is 0 Å². The summed E-state index contributed by atoms with van der Waals surface area (Å²) in [7, 11) is 0. The van der Waals surface area contributed by atoms with Gasteiger partial charge in [-0.15, -0.1) is 0 Å². The number of aliphatic hydroxyl groups is 1. The maximum atomic E-state index is 9.14. The summed E-state index contributed by atoms with van der Waals surface area (Å²) in [5.41, 5.74) is 0.756. The molecular weight excluding hydrogens is 216 g/mol. The van der Waals surface area contributed by atoms with Crippen molar-refractivity contribution >= 4 is 0 Å². The molecule has 1 aromatic heterocycles. The summed E-state index contributed by atoms with van der Waals surface area (Å²) in [6.07, 6.45) is 5.64. The third kappa shape index (κ3) is 3.68. The minimum Gasteiger partial charge on any atom is -0.476 e. The van der Waals surface area contributed by atoms with Gasteiger partial charge < -0.3 is 9.84 Å². The van der Waals surface area contributed by atoms with Gasteiger partial charge in [0.15, 0.2) is 0 Å². The molecule has 1 aromatic rings. The van der Waals surface area contributed by atoms with Gasteiger partial charge >= 0.3 is 0 Å². The summed E-state index contributed by atoms with van der Waals surface area (Å²) in [6, 6.07) is 3.65. The highest BCUT2D eigenvalue weighted by Gasteiger charge is 2.10. The van der Waals surface area contributed by atoms with Crippen molar-refractivity contribution < 1.29 is 9.84 Å². The molecule has 1 saturated heterocycles. The molecule has 0 radical (unpaired) electrons. The summed E-state index contributed by atoms with van der Waals surface area (Å²) < 4.78 is 5.62. The van der Waals surface area contributed by atoms with E-state index in [9.17, 15) is 0 Å². The van der Waals surface area contributed by atoms with E-state index < -0.39 is 0 Å². The van der Waals surface area contributed by atoms with Gasteiger partial charge in [0.1, 0.15) is 6.61 Å². The number of pyridine rings is 1. The molecule has 4 nitrogen and oxygen atoms in total. The molecule has 2 rings (SSSR count). The Morgan fingerprint density at radius 2 is 2.12 bits per heavy atom. The SMILES string of the molecule is OCc1cccnc1OCCN1CCCCC1. The number of ether oxygens (including phenoxy) is 1. The molecule has 4 heteroatoms. The molecule has 0 unspecified atom stereocenters. The lowest BCUT2D eigenvalue weighted by atomic mass is 10.1. The highest BCUT2D eigenvalue weighted by atomic mass is 16.5. The van der Waals surface area contributed by atoms with Crippen LogP contribution in [0.3, 0.4) is 0 Å². The highest BCUT2D eigenvalue weighted by molar-refractivity contribution is 5.24.